The number of rotatable bonds is 0. The van der Waals surface area contributed by atoms with Gasteiger partial charge in [0.2, 0.25) is 5.83 Å². The van der Waals surface area contributed by atoms with Crippen molar-refractivity contribution in [3.8, 4) is 0 Å². The first-order chi connectivity index (χ1) is 3.39. The van der Waals surface area contributed by atoms with Gasteiger partial charge >= 0.3 is 0 Å². The number of halogens is 1. The Hall–Kier alpha value is -0.720. The summed E-state index contributed by atoms with van der Waals surface area (Å²) in [6.45, 7) is 0. The van der Waals surface area contributed by atoms with Crippen LogP contribution in [-0.4, -0.2) is 0 Å². The summed E-state index contributed by atoms with van der Waals surface area (Å²) in [4.78, 5) is 0. The van der Waals surface area contributed by atoms with Crippen LogP contribution in [0.15, 0.2) is 24.1 Å². The van der Waals surface area contributed by atoms with Gasteiger partial charge in [-0.2, -0.15) is 4.39 Å². The van der Waals surface area contributed by atoms with E-state index in [4.69, 9.17) is 0 Å². The predicted molar refractivity (Wildman–Crippen MR) is 27.2 cm³/mol. The zero-order chi connectivity index (χ0) is 5.11. The molecule has 1 aliphatic carbocycles. The van der Waals surface area contributed by atoms with Gasteiger partial charge in [-0.05, 0) is 0 Å². The van der Waals surface area contributed by atoms with E-state index in [0.717, 1.165) is 6.42 Å². The zero-order valence-electron chi connectivity index (χ0n) is 3.89. The Balaban J connectivity index is 2.50. The fourth-order valence-corrected chi connectivity index (χ4v) is 0.487. The van der Waals surface area contributed by atoms with E-state index in [9.17, 15) is 4.39 Å². The lowest BCUT2D eigenvalue weighted by Gasteiger charge is -1.84. The molecule has 0 heterocycles. The minimum absolute atomic E-state index is 0.123. The second-order valence-electron chi connectivity index (χ2n) is 1.42. The van der Waals surface area contributed by atoms with Crippen LogP contribution in [0.3, 0.4) is 0 Å². The van der Waals surface area contributed by atoms with Gasteiger partial charge < -0.3 is 0 Å². The molecule has 0 aromatic carbocycles. The monoisotopic (exact) mass is 97.0 g/mol. The first kappa shape index (κ1) is 4.44. The van der Waals surface area contributed by atoms with Crippen molar-refractivity contribution in [1.82, 2.24) is 0 Å². The van der Waals surface area contributed by atoms with Gasteiger partial charge in [-0.3, -0.25) is 0 Å². The average Bonchev–Trinajstić information content (AvgIpc) is 1.69. The average molecular weight is 97.1 g/mol. The summed E-state index contributed by atoms with van der Waals surface area (Å²) in [7, 11) is 0. The Kier molecular flexibility index (Phi) is 1.16. The van der Waals surface area contributed by atoms with Crippen molar-refractivity contribution < 1.29 is 4.39 Å². The molecule has 0 amide bonds. The van der Waals surface area contributed by atoms with Gasteiger partial charge in [0.1, 0.15) is 0 Å². The largest absolute Gasteiger partial charge is 0.226 e. The molecule has 0 bridgehead atoms. The van der Waals surface area contributed by atoms with Crippen LogP contribution in [0.4, 0.5) is 4.39 Å². The first-order valence-corrected chi connectivity index (χ1v) is 2.25. The highest BCUT2D eigenvalue weighted by Gasteiger charge is 2.01. The van der Waals surface area contributed by atoms with Crippen molar-refractivity contribution in [1.29, 1.82) is 0 Å². The molecular formula is C6H6F+. The van der Waals surface area contributed by atoms with Gasteiger partial charge in [0.15, 0.2) is 0 Å². The Morgan fingerprint density at radius 2 is 2.57 bits per heavy atom. The second kappa shape index (κ2) is 1.82. The Morgan fingerprint density at radius 1 is 1.71 bits per heavy atom. The third-order valence-corrected chi connectivity index (χ3v) is 0.840. The lowest BCUT2D eigenvalue weighted by molar-refractivity contribution is 0.647. The quantitative estimate of drug-likeness (QED) is 0.405. The van der Waals surface area contributed by atoms with Gasteiger partial charge in [0, 0.05) is 12.2 Å². The lowest BCUT2D eigenvalue weighted by Crippen LogP contribution is -1.76. The van der Waals surface area contributed by atoms with Crippen molar-refractivity contribution in [3.63, 3.8) is 0 Å². The molecule has 0 N–H and O–H groups in total. The molecule has 0 aliphatic heterocycles. The van der Waals surface area contributed by atoms with Crippen molar-refractivity contribution in [2.24, 2.45) is 0 Å². The SMILES string of the molecule is FC1=CCC=C[CH+]1. The maximum absolute atomic E-state index is 11.9. The van der Waals surface area contributed by atoms with E-state index >= 15 is 0 Å². The highest BCUT2D eigenvalue weighted by molar-refractivity contribution is 5.20. The van der Waals surface area contributed by atoms with Crippen LogP contribution in [-0.2, 0) is 0 Å². The van der Waals surface area contributed by atoms with E-state index in [1.165, 1.54) is 6.42 Å². The summed E-state index contributed by atoms with van der Waals surface area (Å²) in [5, 5.41) is 0. The van der Waals surface area contributed by atoms with Crippen molar-refractivity contribution in [3.05, 3.63) is 30.5 Å². The molecule has 1 aliphatic rings. The molecule has 36 valence electrons. The van der Waals surface area contributed by atoms with E-state index in [-0.39, 0.29) is 5.83 Å². The maximum Gasteiger partial charge on any atom is 0.226 e. The summed E-state index contributed by atoms with van der Waals surface area (Å²) >= 11 is 0. The van der Waals surface area contributed by atoms with Crippen LogP contribution in [0.2, 0.25) is 0 Å². The third-order valence-electron chi connectivity index (χ3n) is 0.840. The molecule has 7 heavy (non-hydrogen) atoms. The van der Waals surface area contributed by atoms with E-state index in [2.05, 4.69) is 0 Å². The normalized spacial score (nSPS) is 18.1. The molecule has 1 heteroatoms. The maximum atomic E-state index is 11.9. The molecule has 0 saturated heterocycles. The van der Waals surface area contributed by atoms with Crippen LogP contribution in [0.5, 0.6) is 0 Å². The second-order valence-corrected chi connectivity index (χ2v) is 1.42. The predicted octanol–water partition coefficient (Wildman–Crippen LogP) is 2.00. The molecule has 0 radical (unpaired) electrons. The zero-order valence-corrected chi connectivity index (χ0v) is 3.89. The molecule has 0 unspecified atom stereocenters. The van der Waals surface area contributed by atoms with Crippen molar-refractivity contribution in [2.75, 3.05) is 0 Å². The van der Waals surface area contributed by atoms with Crippen LogP contribution < -0.4 is 0 Å². The molecule has 0 aromatic heterocycles. The lowest BCUT2D eigenvalue weighted by atomic mass is 10.2. The minimum atomic E-state index is -0.123. The molecule has 0 aromatic rings. The van der Waals surface area contributed by atoms with E-state index in [1.807, 2.05) is 6.08 Å². The van der Waals surface area contributed by atoms with Gasteiger partial charge in [0.25, 0.3) is 0 Å². The van der Waals surface area contributed by atoms with Crippen molar-refractivity contribution in [2.45, 2.75) is 6.42 Å². The fourth-order valence-electron chi connectivity index (χ4n) is 0.487. The van der Waals surface area contributed by atoms with Crippen LogP contribution >= 0.6 is 0 Å². The molecule has 0 saturated carbocycles. The highest BCUT2D eigenvalue weighted by atomic mass is 19.1. The molecule has 1 rings (SSSR count). The molecule has 0 nitrogen and oxygen atoms in total. The molecule has 0 fully saturated rings. The smallest absolute Gasteiger partial charge is 0.175 e. The first-order valence-electron chi connectivity index (χ1n) is 2.25. The summed E-state index contributed by atoms with van der Waals surface area (Å²) in [6, 6.07) is 0. The van der Waals surface area contributed by atoms with Gasteiger partial charge in [-0.25, -0.2) is 0 Å². The van der Waals surface area contributed by atoms with E-state index in [0.29, 0.717) is 0 Å². The molecular weight excluding hydrogens is 91.1 g/mol. The van der Waals surface area contributed by atoms with Gasteiger partial charge in [-0.15, -0.1) is 0 Å². The summed E-state index contributed by atoms with van der Waals surface area (Å²) in [5.41, 5.74) is 0. The molecule has 0 spiro atoms. The number of hydrogen-bond acceptors (Lipinski definition) is 0. The number of allylic oxidation sites excluding steroid dienone is 4. The standard InChI is InChI=1S/C6H6F/c7-6-4-2-1-3-5-6/h1-2,4-5H,3H2/q+1. The summed E-state index contributed by atoms with van der Waals surface area (Å²) in [5.74, 6) is -0.123. The fraction of sp³-hybridized carbons (Fsp3) is 0.167. The summed E-state index contributed by atoms with van der Waals surface area (Å²) < 4.78 is 11.9. The highest BCUT2D eigenvalue weighted by Crippen LogP contribution is 2.09. The Bertz CT molecular complexity index is 111. The van der Waals surface area contributed by atoms with Crippen LogP contribution in [0, 0.1) is 6.42 Å². The van der Waals surface area contributed by atoms with Gasteiger partial charge in [-0.1, -0.05) is 0 Å². The van der Waals surface area contributed by atoms with E-state index in [1.54, 1.807) is 12.2 Å². The van der Waals surface area contributed by atoms with Crippen LogP contribution in [0.1, 0.15) is 6.42 Å². The summed E-state index contributed by atoms with van der Waals surface area (Å²) in [6.07, 6.45) is 7.35. The third kappa shape index (κ3) is 1.07. The van der Waals surface area contributed by atoms with Gasteiger partial charge in [0.05, 0.1) is 18.9 Å². The Labute approximate surface area is 42.3 Å². The number of hydrogen-bond donors (Lipinski definition) is 0. The van der Waals surface area contributed by atoms with E-state index < -0.39 is 0 Å². The minimum Gasteiger partial charge on any atom is -0.175 e. The topological polar surface area (TPSA) is 0 Å². The van der Waals surface area contributed by atoms with Crippen molar-refractivity contribution >= 4 is 0 Å². The molecule has 0 atom stereocenters. The Morgan fingerprint density at radius 3 is 2.86 bits per heavy atom. The van der Waals surface area contributed by atoms with Crippen LogP contribution in [0.25, 0.3) is 0 Å².